The van der Waals surface area contributed by atoms with Gasteiger partial charge in [-0.25, -0.2) is 9.97 Å². The molecule has 1 amide bonds. The number of fused-ring (bicyclic) bond motifs is 1. The second-order valence-corrected chi connectivity index (χ2v) is 5.87. The van der Waals surface area contributed by atoms with Crippen molar-refractivity contribution in [2.24, 2.45) is 0 Å². The molecule has 0 aromatic carbocycles. The van der Waals surface area contributed by atoms with E-state index in [0.29, 0.717) is 23.6 Å². The largest absolute Gasteiger partial charge is 0.390 e. The van der Waals surface area contributed by atoms with E-state index in [1.165, 1.54) is 19.1 Å². The van der Waals surface area contributed by atoms with E-state index in [-0.39, 0.29) is 5.91 Å². The van der Waals surface area contributed by atoms with Gasteiger partial charge in [0, 0.05) is 30.6 Å². The second-order valence-electron chi connectivity index (χ2n) is 5.87. The first-order chi connectivity index (χ1) is 12.4. The first-order valence-electron chi connectivity index (χ1n) is 8.08. The van der Waals surface area contributed by atoms with Crippen molar-refractivity contribution in [3.05, 3.63) is 42.4 Å². The number of aliphatic hydroxyl groups is 1. The van der Waals surface area contributed by atoms with Crippen molar-refractivity contribution < 1.29 is 18.7 Å². The minimum Gasteiger partial charge on any atom is -0.390 e. The van der Waals surface area contributed by atoms with E-state index < -0.39 is 18.2 Å². The number of pyridine rings is 2. The van der Waals surface area contributed by atoms with Gasteiger partial charge in [0.25, 0.3) is 0 Å². The van der Waals surface area contributed by atoms with Gasteiger partial charge in [-0.15, -0.1) is 0 Å². The number of aliphatic hydroxyl groups excluding tert-OH is 1. The minimum atomic E-state index is -3.41. The van der Waals surface area contributed by atoms with E-state index in [1.807, 2.05) is 17.7 Å². The number of hydrogen-bond donors (Lipinski definition) is 2. The molecule has 0 radical (unpaired) electrons. The zero-order valence-electron chi connectivity index (χ0n) is 14.3. The maximum Gasteiger partial charge on any atom is 0.312 e. The summed E-state index contributed by atoms with van der Waals surface area (Å²) in [5.41, 5.74) is 1.31. The third-order valence-electron chi connectivity index (χ3n) is 4.01. The summed E-state index contributed by atoms with van der Waals surface area (Å²) in [4.78, 5) is 19.5. The van der Waals surface area contributed by atoms with Crippen molar-refractivity contribution in [2.75, 3.05) is 11.9 Å². The average Bonchev–Trinajstić information content (AvgIpc) is 2.99. The van der Waals surface area contributed by atoms with Crippen molar-refractivity contribution >= 4 is 22.6 Å². The fraction of sp³-hybridized carbons (Fsp3) is 0.278. The van der Waals surface area contributed by atoms with Crippen LogP contribution in [0.3, 0.4) is 0 Å². The summed E-state index contributed by atoms with van der Waals surface area (Å²) in [6.45, 7) is 2.68. The van der Waals surface area contributed by atoms with Crippen LogP contribution in [0, 0.1) is 0 Å². The maximum absolute atomic E-state index is 13.8. The molecule has 6 nitrogen and oxygen atoms in total. The normalized spacial score (nSPS) is 11.7. The number of nitrogens with zero attached hydrogens (tertiary/aromatic N) is 3. The number of carbonyl (C=O) groups is 1. The third kappa shape index (κ3) is 3.28. The molecule has 0 saturated heterocycles. The van der Waals surface area contributed by atoms with E-state index in [1.54, 1.807) is 18.3 Å². The summed E-state index contributed by atoms with van der Waals surface area (Å²) in [5.74, 6) is -3.30. The lowest BCUT2D eigenvalue weighted by Crippen LogP contribution is -2.20. The number of alkyl halides is 2. The molecule has 0 fully saturated rings. The summed E-state index contributed by atoms with van der Waals surface area (Å²) in [5, 5.41) is 12.3. The van der Waals surface area contributed by atoms with Gasteiger partial charge in [-0.1, -0.05) is 6.07 Å². The maximum atomic E-state index is 13.8. The van der Waals surface area contributed by atoms with E-state index in [2.05, 4.69) is 15.3 Å². The Balaban J connectivity index is 2.18. The van der Waals surface area contributed by atoms with Crippen LogP contribution in [0.15, 0.2) is 36.7 Å². The van der Waals surface area contributed by atoms with Gasteiger partial charge in [-0.05, 0) is 25.1 Å². The first-order valence-corrected chi connectivity index (χ1v) is 8.08. The number of carbonyl (C=O) groups excluding carboxylic acids is 1. The zero-order valence-corrected chi connectivity index (χ0v) is 14.3. The van der Waals surface area contributed by atoms with Crippen molar-refractivity contribution in [3.63, 3.8) is 0 Å². The Labute approximate surface area is 148 Å². The fourth-order valence-corrected chi connectivity index (χ4v) is 2.77. The number of amides is 1. The zero-order chi connectivity index (χ0) is 18.9. The molecule has 3 aromatic heterocycles. The topological polar surface area (TPSA) is 80.0 Å². The molecule has 26 heavy (non-hydrogen) atoms. The van der Waals surface area contributed by atoms with E-state index in [4.69, 9.17) is 5.11 Å². The monoisotopic (exact) mass is 360 g/mol. The number of aryl methyl sites for hydroxylation is 1. The van der Waals surface area contributed by atoms with Crippen molar-refractivity contribution in [3.8, 4) is 11.3 Å². The molecule has 3 heterocycles. The summed E-state index contributed by atoms with van der Waals surface area (Å²) < 4.78 is 29.5. The van der Waals surface area contributed by atoms with Gasteiger partial charge >= 0.3 is 5.92 Å². The molecule has 0 aliphatic carbocycles. The Morgan fingerprint density at radius 3 is 2.81 bits per heavy atom. The lowest BCUT2D eigenvalue weighted by molar-refractivity contribution is -0.114. The molecule has 0 saturated carbocycles. The van der Waals surface area contributed by atoms with E-state index >= 15 is 0 Å². The third-order valence-corrected chi connectivity index (χ3v) is 4.01. The highest BCUT2D eigenvalue weighted by molar-refractivity contribution is 5.98. The number of anilines is 1. The molecule has 0 aliphatic rings. The summed E-state index contributed by atoms with van der Waals surface area (Å²) in [7, 11) is 0. The molecule has 0 unspecified atom stereocenters. The van der Waals surface area contributed by atoms with Gasteiger partial charge in [0.05, 0.1) is 17.4 Å². The predicted molar refractivity (Wildman–Crippen MR) is 93.9 cm³/mol. The molecule has 3 aromatic rings. The highest BCUT2D eigenvalue weighted by atomic mass is 19.3. The number of halogens is 2. The Hall–Kier alpha value is -2.87. The molecule has 136 valence electrons. The van der Waals surface area contributed by atoms with E-state index in [0.717, 1.165) is 10.9 Å². The van der Waals surface area contributed by atoms with Gasteiger partial charge in [-0.3, -0.25) is 4.79 Å². The van der Waals surface area contributed by atoms with Gasteiger partial charge < -0.3 is 15.0 Å². The summed E-state index contributed by atoms with van der Waals surface area (Å²) >= 11 is 0. The summed E-state index contributed by atoms with van der Waals surface area (Å²) in [6.07, 6.45) is 3.44. The smallest absolute Gasteiger partial charge is 0.312 e. The van der Waals surface area contributed by atoms with Gasteiger partial charge in [0.15, 0.2) is 0 Å². The van der Waals surface area contributed by atoms with Gasteiger partial charge in [0.2, 0.25) is 5.91 Å². The van der Waals surface area contributed by atoms with Crippen molar-refractivity contribution in [1.29, 1.82) is 0 Å². The number of aromatic nitrogens is 3. The lowest BCUT2D eigenvalue weighted by Gasteiger charge is -2.13. The molecule has 0 atom stereocenters. The lowest BCUT2D eigenvalue weighted by atomic mass is 10.1. The van der Waals surface area contributed by atoms with Crippen molar-refractivity contribution in [1.82, 2.24) is 14.5 Å². The fourth-order valence-electron chi connectivity index (χ4n) is 2.77. The Morgan fingerprint density at radius 1 is 1.38 bits per heavy atom. The van der Waals surface area contributed by atoms with Crippen LogP contribution >= 0.6 is 0 Å². The minimum absolute atomic E-state index is 0.254. The second kappa shape index (κ2) is 6.80. The SMILES string of the molecule is CCn1cc(-c2cccc(C(F)(F)CO)n2)c2cc(NC(C)=O)ncc21. The van der Waals surface area contributed by atoms with Crippen LogP contribution in [0.1, 0.15) is 19.5 Å². The van der Waals surface area contributed by atoms with Crippen LogP contribution in [-0.2, 0) is 17.3 Å². The Kier molecular flexibility index (Phi) is 4.69. The van der Waals surface area contributed by atoms with Gasteiger partial charge in [0.1, 0.15) is 18.1 Å². The molecular formula is C18H18F2N4O2. The quantitative estimate of drug-likeness (QED) is 0.732. The van der Waals surface area contributed by atoms with Crippen LogP contribution in [0.2, 0.25) is 0 Å². The number of rotatable bonds is 5. The molecule has 8 heteroatoms. The molecular weight excluding hydrogens is 342 g/mol. The Morgan fingerprint density at radius 2 is 2.15 bits per heavy atom. The number of nitrogens with one attached hydrogen (secondary N) is 1. The first kappa shape index (κ1) is 17.9. The Bertz CT molecular complexity index is 969. The van der Waals surface area contributed by atoms with E-state index in [9.17, 15) is 13.6 Å². The standard InChI is InChI=1S/C18H18F2N4O2/c1-3-24-9-13(12-7-17(22-11(2)26)21-8-15(12)24)14-5-4-6-16(23-14)18(19,20)10-25/h4-9,25H,3,10H2,1-2H3,(H,21,22,26). The van der Waals surface area contributed by atoms with Crippen LogP contribution in [0.5, 0.6) is 0 Å². The molecule has 2 N–H and O–H groups in total. The van der Waals surface area contributed by atoms with Crippen LogP contribution in [-0.4, -0.2) is 32.2 Å². The van der Waals surface area contributed by atoms with Crippen molar-refractivity contribution in [2.45, 2.75) is 26.3 Å². The average molecular weight is 360 g/mol. The molecule has 0 aliphatic heterocycles. The molecule has 0 spiro atoms. The van der Waals surface area contributed by atoms with Crippen LogP contribution in [0.4, 0.5) is 14.6 Å². The number of hydrogen-bond acceptors (Lipinski definition) is 4. The highest BCUT2D eigenvalue weighted by Gasteiger charge is 2.32. The molecule has 0 bridgehead atoms. The van der Waals surface area contributed by atoms with Crippen LogP contribution in [0.25, 0.3) is 22.2 Å². The summed E-state index contributed by atoms with van der Waals surface area (Å²) in [6, 6.07) is 5.98. The van der Waals surface area contributed by atoms with Crippen LogP contribution < -0.4 is 5.32 Å². The predicted octanol–water partition coefficient (Wildman–Crippen LogP) is 3.16. The molecule has 3 rings (SSSR count). The highest BCUT2D eigenvalue weighted by Crippen LogP contribution is 2.33. The van der Waals surface area contributed by atoms with Gasteiger partial charge in [-0.2, -0.15) is 8.78 Å².